The molecule has 1 amide bonds. The third-order valence-corrected chi connectivity index (χ3v) is 3.78. The van der Waals surface area contributed by atoms with E-state index in [9.17, 15) is 9.59 Å². The number of hydrogen-bond donors (Lipinski definition) is 1. The third-order valence-electron chi connectivity index (χ3n) is 3.78. The zero-order valence-electron chi connectivity index (χ0n) is 13.7. The van der Waals surface area contributed by atoms with E-state index in [1.54, 1.807) is 24.3 Å². The van der Waals surface area contributed by atoms with Crippen molar-refractivity contribution in [1.29, 1.82) is 0 Å². The fourth-order valence-electron chi connectivity index (χ4n) is 2.45. The first-order valence-corrected chi connectivity index (χ1v) is 8.33. The van der Waals surface area contributed by atoms with E-state index in [1.807, 2.05) is 6.92 Å². The Morgan fingerprint density at radius 2 is 2.04 bits per heavy atom. The van der Waals surface area contributed by atoms with Crippen LogP contribution in [0.2, 0.25) is 0 Å². The second-order valence-corrected chi connectivity index (χ2v) is 5.74. The van der Waals surface area contributed by atoms with E-state index in [-0.39, 0.29) is 30.6 Å². The molecule has 1 aliphatic heterocycles. The lowest BCUT2D eigenvalue weighted by Crippen LogP contribution is -2.31. The maximum Gasteiger partial charge on any atom is 0.220 e. The Hall–Kier alpha value is -1.88. The van der Waals surface area contributed by atoms with Crippen molar-refractivity contribution in [3.8, 4) is 5.75 Å². The molecule has 0 bridgehead atoms. The van der Waals surface area contributed by atoms with Crippen LogP contribution in [0.5, 0.6) is 5.75 Å². The predicted molar refractivity (Wildman–Crippen MR) is 87.8 cm³/mol. The van der Waals surface area contributed by atoms with Crippen LogP contribution in [0, 0.1) is 0 Å². The van der Waals surface area contributed by atoms with Gasteiger partial charge in [0.1, 0.15) is 5.75 Å². The lowest BCUT2D eigenvalue weighted by Gasteiger charge is -2.10. The molecule has 23 heavy (non-hydrogen) atoms. The van der Waals surface area contributed by atoms with Crippen molar-refractivity contribution in [2.75, 3.05) is 19.8 Å². The average molecular weight is 319 g/mol. The summed E-state index contributed by atoms with van der Waals surface area (Å²) in [5, 5.41) is 2.83. The summed E-state index contributed by atoms with van der Waals surface area (Å²) in [6.07, 6.45) is 3.54. The van der Waals surface area contributed by atoms with Gasteiger partial charge in [-0.15, -0.1) is 0 Å². The molecule has 1 saturated heterocycles. The van der Waals surface area contributed by atoms with Crippen LogP contribution in [0.4, 0.5) is 0 Å². The van der Waals surface area contributed by atoms with Crippen LogP contribution < -0.4 is 10.1 Å². The van der Waals surface area contributed by atoms with Crippen molar-refractivity contribution < 1.29 is 19.1 Å². The van der Waals surface area contributed by atoms with Crippen molar-refractivity contribution >= 4 is 11.7 Å². The molecule has 1 aromatic rings. The monoisotopic (exact) mass is 319 g/mol. The molecule has 1 fully saturated rings. The molecule has 0 spiro atoms. The van der Waals surface area contributed by atoms with Crippen molar-refractivity contribution in [3.63, 3.8) is 0 Å². The molecule has 5 heteroatoms. The first-order chi connectivity index (χ1) is 11.2. The fraction of sp³-hybridized carbons (Fsp3) is 0.556. The molecule has 0 radical (unpaired) electrons. The lowest BCUT2D eigenvalue weighted by molar-refractivity contribution is -0.121. The summed E-state index contributed by atoms with van der Waals surface area (Å²) in [6.45, 7) is 4.02. The number of amides is 1. The van der Waals surface area contributed by atoms with Gasteiger partial charge in [-0.25, -0.2) is 0 Å². The number of hydrogen-bond acceptors (Lipinski definition) is 4. The highest BCUT2D eigenvalue weighted by molar-refractivity contribution is 5.98. The molecule has 1 unspecified atom stereocenters. The van der Waals surface area contributed by atoms with Crippen LogP contribution in [-0.4, -0.2) is 37.6 Å². The molecule has 0 aromatic heterocycles. The number of ether oxygens (including phenoxy) is 2. The van der Waals surface area contributed by atoms with E-state index in [1.165, 1.54) is 0 Å². The highest BCUT2D eigenvalue weighted by Gasteiger charge is 2.16. The van der Waals surface area contributed by atoms with Crippen molar-refractivity contribution in [1.82, 2.24) is 5.32 Å². The number of benzene rings is 1. The number of Topliss-reactive ketones (excluding diaryl/α,β-unsaturated/α-hetero) is 1. The first kappa shape index (κ1) is 17.5. The normalized spacial score (nSPS) is 17.0. The zero-order chi connectivity index (χ0) is 16.5. The van der Waals surface area contributed by atoms with Gasteiger partial charge in [-0.05, 0) is 43.5 Å². The van der Waals surface area contributed by atoms with Gasteiger partial charge < -0.3 is 14.8 Å². The number of rotatable bonds is 9. The molecule has 126 valence electrons. The van der Waals surface area contributed by atoms with Crippen molar-refractivity contribution in [3.05, 3.63) is 29.8 Å². The van der Waals surface area contributed by atoms with Crippen molar-refractivity contribution in [2.24, 2.45) is 0 Å². The Labute approximate surface area is 137 Å². The van der Waals surface area contributed by atoms with Gasteiger partial charge in [0.05, 0.1) is 12.7 Å². The minimum Gasteiger partial charge on any atom is -0.494 e. The summed E-state index contributed by atoms with van der Waals surface area (Å²) < 4.78 is 10.9. The van der Waals surface area contributed by atoms with Gasteiger partial charge in [0, 0.05) is 31.6 Å². The standard InChI is InChI=1S/C18H25NO4/c1-2-11-22-15-7-5-14(6-8-15)17(20)9-10-18(21)19-13-16-4-3-12-23-16/h5-8,16H,2-4,9-13H2,1H3,(H,19,21). The second-order valence-electron chi connectivity index (χ2n) is 5.74. The van der Waals surface area contributed by atoms with E-state index in [0.29, 0.717) is 18.7 Å². The van der Waals surface area contributed by atoms with E-state index in [2.05, 4.69) is 5.32 Å². The Morgan fingerprint density at radius 1 is 1.26 bits per heavy atom. The summed E-state index contributed by atoms with van der Waals surface area (Å²) in [5.41, 5.74) is 0.612. The summed E-state index contributed by atoms with van der Waals surface area (Å²) in [4.78, 5) is 23.9. The Kier molecular flexibility index (Phi) is 7.07. The minimum atomic E-state index is -0.100. The third kappa shape index (κ3) is 6.02. The largest absolute Gasteiger partial charge is 0.494 e. The molecular weight excluding hydrogens is 294 g/mol. The van der Waals surface area contributed by atoms with Crippen LogP contribution >= 0.6 is 0 Å². The van der Waals surface area contributed by atoms with E-state index >= 15 is 0 Å². The van der Waals surface area contributed by atoms with Gasteiger partial charge in [0.25, 0.3) is 0 Å². The maximum atomic E-state index is 12.1. The van der Waals surface area contributed by atoms with Gasteiger partial charge in [-0.3, -0.25) is 9.59 Å². The highest BCUT2D eigenvalue weighted by atomic mass is 16.5. The number of ketones is 1. The molecule has 1 aromatic carbocycles. The molecule has 5 nitrogen and oxygen atoms in total. The Morgan fingerprint density at radius 3 is 2.70 bits per heavy atom. The van der Waals surface area contributed by atoms with E-state index in [0.717, 1.165) is 31.6 Å². The summed E-state index contributed by atoms with van der Waals surface area (Å²) in [6, 6.07) is 7.08. The zero-order valence-corrected chi connectivity index (χ0v) is 13.7. The molecule has 1 aliphatic rings. The number of nitrogens with one attached hydrogen (secondary N) is 1. The minimum absolute atomic E-state index is 0.0284. The molecule has 0 aliphatic carbocycles. The number of carbonyl (C=O) groups is 2. The lowest BCUT2D eigenvalue weighted by atomic mass is 10.1. The van der Waals surface area contributed by atoms with Gasteiger partial charge in [0.2, 0.25) is 5.91 Å². The molecule has 1 N–H and O–H groups in total. The predicted octanol–water partition coefficient (Wildman–Crippen LogP) is 2.73. The first-order valence-electron chi connectivity index (χ1n) is 8.33. The quantitative estimate of drug-likeness (QED) is 0.711. The van der Waals surface area contributed by atoms with Gasteiger partial charge in [-0.1, -0.05) is 6.92 Å². The maximum absolute atomic E-state index is 12.1. The highest BCUT2D eigenvalue weighted by Crippen LogP contribution is 2.14. The molecular formula is C18H25NO4. The van der Waals surface area contributed by atoms with Crippen LogP contribution in [0.15, 0.2) is 24.3 Å². The summed E-state index contributed by atoms with van der Waals surface area (Å²) in [7, 11) is 0. The molecule has 1 heterocycles. The van der Waals surface area contributed by atoms with Crippen molar-refractivity contribution in [2.45, 2.75) is 45.1 Å². The molecule has 1 atom stereocenters. The molecule has 0 saturated carbocycles. The average Bonchev–Trinajstić information content (AvgIpc) is 3.10. The van der Waals surface area contributed by atoms with Gasteiger partial charge in [0.15, 0.2) is 5.78 Å². The summed E-state index contributed by atoms with van der Waals surface area (Å²) in [5.74, 6) is 0.633. The van der Waals surface area contributed by atoms with Gasteiger partial charge in [-0.2, -0.15) is 0 Å². The van der Waals surface area contributed by atoms with E-state index in [4.69, 9.17) is 9.47 Å². The van der Waals surface area contributed by atoms with Crippen LogP contribution in [-0.2, 0) is 9.53 Å². The fourth-order valence-corrected chi connectivity index (χ4v) is 2.45. The van der Waals surface area contributed by atoms with Gasteiger partial charge >= 0.3 is 0 Å². The van der Waals surface area contributed by atoms with Crippen LogP contribution in [0.1, 0.15) is 49.4 Å². The SMILES string of the molecule is CCCOc1ccc(C(=O)CCC(=O)NCC2CCCO2)cc1. The Balaban J connectivity index is 1.69. The molecule has 2 rings (SSSR count). The smallest absolute Gasteiger partial charge is 0.220 e. The topological polar surface area (TPSA) is 64.6 Å². The van der Waals surface area contributed by atoms with E-state index < -0.39 is 0 Å². The van der Waals surface area contributed by atoms with Crippen LogP contribution in [0.3, 0.4) is 0 Å². The second kappa shape index (κ2) is 9.30. The Bertz CT molecular complexity index is 506. The van der Waals surface area contributed by atoms with Crippen LogP contribution in [0.25, 0.3) is 0 Å². The summed E-state index contributed by atoms with van der Waals surface area (Å²) >= 11 is 0. The number of carbonyl (C=O) groups excluding carboxylic acids is 2.